The molecular formula is C14H17N3O4S. The van der Waals surface area contributed by atoms with E-state index in [1.54, 1.807) is 12.1 Å². The van der Waals surface area contributed by atoms with E-state index >= 15 is 0 Å². The Labute approximate surface area is 128 Å². The molecule has 2 rings (SSSR count). The van der Waals surface area contributed by atoms with Crippen molar-refractivity contribution in [2.75, 3.05) is 6.54 Å². The molecule has 0 aliphatic heterocycles. The molecule has 2 aromatic rings. The lowest BCUT2D eigenvalue weighted by molar-refractivity contribution is -0.121. The molecule has 0 spiro atoms. The topological polar surface area (TPSA) is 115 Å². The largest absolute Gasteiger partial charge is 0.451 e. The van der Waals surface area contributed by atoms with Gasteiger partial charge >= 0.3 is 0 Å². The van der Waals surface area contributed by atoms with Gasteiger partial charge in [-0.15, -0.1) is 0 Å². The monoisotopic (exact) mass is 323 g/mol. The Kier molecular flexibility index (Phi) is 5.29. The van der Waals surface area contributed by atoms with Crippen LogP contribution in [0, 0.1) is 0 Å². The zero-order valence-corrected chi connectivity index (χ0v) is 12.7. The molecule has 0 aliphatic rings. The van der Waals surface area contributed by atoms with E-state index in [0.717, 1.165) is 11.3 Å². The van der Waals surface area contributed by atoms with E-state index in [2.05, 4.69) is 10.3 Å². The van der Waals surface area contributed by atoms with Gasteiger partial charge in [0.1, 0.15) is 6.26 Å². The molecule has 1 aromatic heterocycles. The lowest BCUT2D eigenvalue weighted by atomic mass is 10.1. The maximum Gasteiger partial charge on any atom is 0.238 e. The van der Waals surface area contributed by atoms with E-state index < -0.39 is 10.0 Å². The number of amides is 1. The predicted molar refractivity (Wildman–Crippen MR) is 79.4 cm³/mol. The average Bonchev–Trinajstić information content (AvgIpc) is 2.98. The van der Waals surface area contributed by atoms with Gasteiger partial charge in [0, 0.05) is 19.4 Å². The van der Waals surface area contributed by atoms with Crippen LogP contribution in [0.5, 0.6) is 0 Å². The van der Waals surface area contributed by atoms with Crippen LogP contribution in [0.4, 0.5) is 0 Å². The number of carbonyl (C=O) groups is 1. The van der Waals surface area contributed by atoms with E-state index in [-0.39, 0.29) is 10.8 Å². The van der Waals surface area contributed by atoms with Crippen molar-refractivity contribution in [1.82, 2.24) is 10.3 Å². The van der Waals surface area contributed by atoms with Crippen LogP contribution in [0.25, 0.3) is 0 Å². The molecule has 0 radical (unpaired) electrons. The summed E-state index contributed by atoms with van der Waals surface area (Å²) in [6.07, 6.45) is 4.33. The number of nitrogens with two attached hydrogens (primary N) is 1. The van der Waals surface area contributed by atoms with E-state index in [0.29, 0.717) is 25.8 Å². The van der Waals surface area contributed by atoms with Crippen LogP contribution < -0.4 is 10.5 Å². The van der Waals surface area contributed by atoms with Gasteiger partial charge in [0.15, 0.2) is 6.39 Å². The maximum absolute atomic E-state index is 11.6. The summed E-state index contributed by atoms with van der Waals surface area (Å²) in [4.78, 5) is 15.7. The zero-order chi connectivity index (χ0) is 16.0. The van der Waals surface area contributed by atoms with Crippen molar-refractivity contribution in [3.8, 4) is 0 Å². The molecule has 3 N–H and O–H groups in total. The quantitative estimate of drug-likeness (QED) is 0.774. The van der Waals surface area contributed by atoms with Gasteiger partial charge in [0.2, 0.25) is 15.9 Å². The fraction of sp³-hybridized carbons (Fsp3) is 0.286. The molecule has 1 aromatic carbocycles. The van der Waals surface area contributed by atoms with Crippen molar-refractivity contribution in [2.45, 2.75) is 24.2 Å². The van der Waals surface area contributed by atoms with Crippen LogP contribution in [-0.4, -0.2) is 25.9 Å². The molecular weight excluding hydrogens is 306 g/mol. The molecule has 8 heteroatoms. The number of nitrogens with one attached hydrogen (secondary N) is 1. The Hall–Kier alpha value is -2.19. The SMILES string of the molecule is NS(=O)(=O)c1ccc(CCNC(=O)CCc2cocn2)cc1. The predicted octanol–water partition coefficient (Wildman–Crippen LogP) is 0.613. The highest BCUT2D eigenvalue weighted by molar-refractivity contribution is 7.89. The number of oxazole rings is 1. The number of aromatic nitrogens is 1. The third-order valence-corrected chi connectivity index (χ3v) is 4.01. The first kappa shape index (κ1) is 16.2. The van der Waals surface area contributed by atoms with Gasteiger partial charge in [-0.3, -0.25) is 4.79 Å². The van der Waals surface area contributed by atoms with Gasteiger partial charge in [-0.25, -0.2) is 18.5 Å². The normalized spacial score (nSPS) is 11.3. The number of primary sulfonamides is 1. The summed E-state index contributed by atoms with van der Waals surface area (Å²) >= 11 is 0. The average molecular weight is 323 g/mol. The Morgan fingerprint density at radius 3 is 2.55 bits per heavy atom. The number of nitrogens with zero attached hydrogens (tertiary/aromatic N) is 1. The number of hydrogen-bond acceptors (Lipinski definition) is 5. The van der Waals surface area contributed by atoms with E-state index in [9.17, 15) is 13.2 Å². The molecule has 22 heavy (non-hydrogen) atoms. The third-order valence-electron chi connectivity index (χ3n) is 3.08. The van der Waals surface area contributed by atoms with Gasteiger partial charge in [-0.1, -0.05) is 12.1 Å². The summed E-state index contributed by atoms with van der Waals surface area (Å²) in [7, 11) is -3.67. The molecule has 0 unspecified atom stereocenters. The first-order valence-electron chi connectivity index (χ1n) is 6.70. The maximum atomic E-state index is 11.6. The van der Waals surface area contributed by atoms with Crippen molar-refractivity contribution in [2.24, 2.45) is 5.14 Å². The Bertz CT molecular complexity index is 709. The highest BCUT2D eigenvalue weighted by Crippen LogP contribution is 2.09. The summed E-state index contributed by atoms with van der Waals surface area (Å²) in [5.41, 5.74) is 1.66. The molecule has 0 saturated heterocycles. The second-order valence-corrected chi connectivity index (χ2v) is 6.33. The van der Waals surface area contributed by atoms with Gasteiger partial charge in [-0.05, 0) is 24.1 Å². The van der Waals surface area contributed by atoms with Crippen LogP contribution in [-0.2, 0) is 27.7 Å². The second kappa shape index (κ2) is 7.19. The fourth-order valence-corrected chi connectivity index (χ4v) is 2.40. The lowest BCUT2D eigenvalue weighted by Gasteiger charge is -2.05. The zero-order valence-electron chi connectivity index (χ0n) is 11.9. The van der Waals surface area contributed by atoms with Crippen LogP contribution >= 0.6 is 0 Å². The molecule has 118 valence electrons. The summed E-state index contributed by atoms with van der Waals surface area (Å²) in [6.45, 7) is 0.479. The van der Waals surface area contributed by atoms with Gasteiger partial charge < -0.3 is 9.73 Å². The van der Waals surface area contributed by atoms with Gasteiger partial charge in [0.05, 0.1) is 10.6 Å². The van der Waals surface area contributed by atoms with Crippen molar-refractivity contribution < 1.29 is 17.6 Å². The highest BCUT2D eigenvalue weighted by Gasteiger charge is 2.07. The standard InChI is InChI=1S/C14H17N3O4S/c15-22(19,20)13-4-1-11(2-5-13)7-8-16-14(18)6-3-12-9-21-10-17-12/h1-2,4-5,9-10H,3,6-8H2,(H,16,18)(H2,15,19,20). The Balaban J connectivity index is 1.73. The first-order valence-corrected chi connectivity index (χ1v) is 8.25. The summed E-state index contributed by atoms with van der Waals surface area (Å²) < 4.78 is 27.1. The molecule has 0 bridgehead atoms. The number of sulfonamides is 1. The number of aryl methyl sites for hydroxylation is 1. The first-order chi connectivity index (χ1) is 10.4. The van der Waals surface area contributed by atoms with E-state index in [1.165, 1.54) is 24.8 Å². The molecule has 0 fully saturated rings. The minimum atomic E-state index is -3.67. The minimum Gasteiger partial charge on any atom is -0.451 e. The van der Waals surface area contributed by atoms with E-state index in [4.69, 9.17) is 9.56 Å². The fourth-order valence-electron chi connectivity index (χ4n) is 1.88. The summed E-state index contributed by atoms with van der Waals surface area (Å²) in [6, 6.07) is 6.27. The molecule has 0 aliphatic carbocycles. The summed E-state index contributed by atoms with van der Waals surface area (Å²) in [5, 5.41) is 7.82. The van der Waals surface area contributed by atoms with Crippen molar-refractivity contribution in [3.05, 3.63) is 48.2 Å². The van der Waals surface area contributed by atoms with Crippen molar-refractivity contribution in [3.63, 3.8) is 0 Å². The molecule has 1 heterocycles. The van der Waals surface area contributed by atoms with Crippen molar-refractivity contribution >= 4 is 15.9 Å². The summed E-state index contributed by atoms with van der Waals surface area (Å²) in [5.74, 6) is -0.0656. The van der Waals surface area contributed by atoms with Gasteiger partial charge in [-0.2, -0.15) is 0 Å². The number of benzene rings is 1. The van der Waals surface area contributed by atoms with Crippen LogP contribution in [0.15, 0.2) is 46.2 Å². The third kappa shape index (κ3) is 4.97. The van der Waals surface area contributed by atoms with E-state index in [1.807, 2.05) is 0 Å². The smallest absolute Gasteiger partial charge is 0.238 e. The van der Waals surface area contributed by atoms with Crippen LogP contribution in [0.1, 0.15) is 17.7 Å². The van der Waals surface area contributed by atoms with Crippen LogP contribution in [0.2, 0.25) is 0 Å². The molecule has 0 saturated carbocycles. The Morgan fingerprint density at radius 2 is 1.95 bits per heavy atom. The highest BCUT2D eigenvalue weighted by atomic mass is 32.2. The second-order valence-electron chi connectivity index (χ2n) is 4.77. The number of rotatable bonds is 7. The Morgan fingerprint density at radius 1 is 1.23 bits per heavy atom. The number of hydrogen-bond donors (Lipinski definition) is 2. The van der Waals surface area contributed by atoms with Gasteiger partial charge in [0.25, 0.3) is 0 Å². The van der Waals surface area contributed by atoms with Crippen molar-refractivity contribution in [1.29, 1.82) is 0 Å². The van der Waals surface area contributed by atoms with Crippen LogP contribution in [0.3, 0.4) is 0 Å². The number of carbonyl (C=O) groups excluding carboxylic acids is 1. The lowest BCUT2D eigenvalue weighted by Crippen LogP contribution is -2.25. The molecule has 0 atom stereocenters. The molecule has 7 nitrogen and oxygen atoms in total. The molecule has 1 amide bonds. The minimum absolute atomic E-state index is 0.0656.